The smallest absolute Gasteiger partial charge is 0.269 e. The molecule has 2 atom stereocenters. The molecule has 4 nitrogen and oxygen atoms in total. The number of halogens is 1. The molecule has 2 saturated heterocycles. The van der Waals surface area contributed by atoms with Crippen molar-refractivity contribution in [1.82, 2.24) is 9.80 Å². The number of carbonyl (C=O) groups excluding carboxylic acids is 2. The Kier molecular flexibility index (Phi) is 3.88. The predicted octanol–water partition coefficient (Wildman–Crippen LogP) is 2.40. The summed E-state index contributed by atoms with van der Waals surface area (Å²) >= 11 is 0. The molecular formula is C20H19FN2O2. The molecule has 2 aliphatic heterocycles. The summed E-state index contributed by atoms with van der Waals surface area (Å²) in [7, 11) is 0. The number of fused-ring (bicyclic) bond motifs is 1. The van der Waals surface area contributed by atoms with Gasteiger partial charge in [-0.2, -0.15) is 0 Å². The zero-order chi connectivity index (χ0) is 17.4. The van der Waals surface area contributed by atoms with E-state index in [2.05, 4.69) is 0 Å². The van der Waals surface area contributed by atoms with E-state index < -0.39 is 23.4 Å². The van der Waals surface area contributed by atoms with Gasteiger partial charge in [-0.1, -0.05) is 60.7 Å². The molecule has 0 unspecified atom stereocenters. The first-order valence-electron chi connectivity index (χ1n) is 8.43. The Balaban J connectivity index is 1.50. The lowest BCUT2D eigenvalue weighted by Gasteiger charge is -2.21. The maximum Gasteiger partial charge on any atom is 0.269 e. The van der Waals surface area contributed by atoms with Crippen LogP contribution in [0.5, 0.6) is 0 Å². The number of likely N-dealkylation sites (tertiary alicyclic amines) is 2. The van der Waals surface area contributed by atoms with Crippen molar-refractivity contribution in [3.8, 4) is 0 Å². The Bertz CT molecular complexity index is 796. The summed E-state index contributed by atoms with van der Waals surface area (Å²) in [6.45, 7) is 0.936. The van der Waals surface area contributed by atoms with Crippen LogP contribution >= 0.6 is 0 Å². The highest BCUT2D eigenvalue weighted by atomic mass is 19.1. The Hall–Kier alpha value is -2.53. The highest BCUT2D eigenvalue weighted by Crippen LogP contribution is 2.41. The molecule has 0 radical (unpaired) electrons. The molecule has 128 valence electrons. The molecule has 0 spiro atoms. The second-order valence-electron chi connectivity index (χ2n) is 6.79. The van der Waals surface area contributed by atoms with Crippen molar-refractivity contribution in [2.45, 2.75) is 18.8 Å². The fourth-order valence-electron chi connectivity index (χ4n) is 3.78. The van der Waals surface area contributed by atoms with Gasteiger partial charge >= 0.3 is 0 Å². The van der Waals surface area contributed by atoms with Gasteiger partial charge in [0.25, 0.3) is 5.91 Å². The van der Waals surface area contributed by atoms with Crippen molar-refractivity contribution in [3.05, 3.63) is 71.8 Å². The molecular weight excluding hydrogens is 319 g/mol. The molecule has 0 N–H and O–H groups in total. The number of amides is 2. The number of carbonyl (C=O) groups is 2. The van der Waals surface area contributed by atoms with Crippen LogP contribution in [-0.2, 0) is 22.7 Å². The lowest BCUT2D eigenvalue weighted by Crippen LogP contribution is -2.41. The Morgan fingerprint density at radius 3 is 2.04 bits per heavy atom. The summed E-state index contributed by atoms with van der Waals surface area (Å²) in [5.41, 5.74) is -0.221. The number of hydrogen-bond donors (Lipinski definition) is 0. The largest absolute Gasteiger partial charge is 0.294 e. The molecule has 2 amide bonds. The van der Waals surface area contributed by atoms with Crippen molar-refractivity contribution in [2.75, 3.05) is 13.1 Å². The molecule has 0 aromatic heterocycles. The van der Waals surface area contributed by atoms with E-state index in [4.69, 9.17) is 0 Å². The molecule has 0 aliphatic carbocycles. The average Bonchev–Trinajstić information content (AvgIpc) is 3.04. The lowest BCUT2D eigenvalue weighted by atomic mass is 9.96. The number of alkyl halides is 1. The first-order chi connectivity index (χ1) is 12.1. The molecule has 0 bridgehead atoms. The second-order valence-corrected chi connectivity index (χ2v) is 6.79. The third-order valence-corrected chi connectivity index (χ3v) is 5.04. The minimum absolute atomic E-state index is 0.0254. The Labute approximate surface area is 145 Å². The molecule has 5 heteroatoms. The van der Waals surface area contributed by atoms with E-state index in [9.17, 15) is 9.59 Å². The van der Waals surface area contributed by atoms with Crippen LogP contribution in [0.2, 0.25) is 0 Å². The van der Waals surface area contributed by atoms with E-state index in [0.717, 1.165) is 16.0 Å². The third kappa shape index (κ3) is 2.74. The highest BCUT2D eigenvalue weighted by molar-refractivity contribution is 6.09. The van der Waals surface area contributed by atoms with Gasteiger partial charge in [0.15, 0.2) is 0 Å². The monoisotopic (exact) mass is 338 g/mol. The van der Waals surface area contributed by atoms with Crippen molar-refractivity contribution in [1.29, 1.82) is 0 Å². The number of hydrogen-bond acceptors (Lipinski definition) is 3. The molecule has 2 aromatic carbocycles. The van der Waals surface area contributed by atoms with Crippen molar-refractivity contribution >= 4 is 11.8 Å². The van der Waals surface area contributed by atoms with Crippen molar-refractivity contribution < 1.29 is 14.0 Å². The van der Waals surface area contributed by atoms with Gasteiger partial charge in [0.1, 0.15) is 0 Å². The first kappa shape index (κ1) is 16.0. The number of imide groups is 1. The van der Waals surface area contributed by atoms with Gasteiger partial charge in [0.05, 0.1) is 12.5 Å². The first-order valence-corrected chi connectivity index (χ1v) is 8.43. The van der Waals surface area contributed by atoms with E-state index >= 15 is 4.39 Å². The minimum Gasteiger partial charge on any atom is -0.294 e. The number of rotatable bonds is 4. The summed E-state index contributed by atoms with van der Waals surface area (Å²) in [5.74, 6) is -1.98. The quantitative estimate of drug-likeness (QED) is 0.804. The van der Waals surface area contributed by atoms with Gasteiger partial charge in [0.2, 0.25) is 11.6 Å². The molecule has 2 aromatic rings. The second kappa shape index (κ2) is 6.08. The summed E-state index contributed by atoms with van der Waals surface area (Å²) in [6.07, 6.45) is 0. The number of nitrogens with zero attached hydrogens (tertiary/aromatic N) is 2. The fraction of sp³-hybridized carbons (Fsp3) is 0.300. The lowest BCUT2D eigenvalue weighted by molar-refractivity contribution is -0.143. The standard InChI is InChI=1S/C20H19FN2O2/c21-20-14-22(11-15-7-3-1-4-8-15)13-17(20)18(24)23(19(20)25)12-16-9-5-2-6-10-16/h1-10,17H,11-14H2/t17-,20+/m0/s1. The van der Waals surface area contributed by atoms with E-state index in [0.29, 0.717) is 6.54 Å². The van der Waals surface area contributed by atoms with Crippen LogP contribution in [-0.4, -0.2) is 40.4 Å². The fourth-order valence-corrected chi connectivity index (χ4v) is 3.78. The summed E-state index contributed by atoms with van der Waals surface area (Å²) < 4.78 is 15.4. The van der Waals surface area contributed by atoms with Crippen LogP contribution in [0.1, 0.15) is 11.1 Å². The predicted molar refractivity (Wildman–Crippen MR) is 91.0 cm³/mol. The minimum atomic E-state index is -2.10. The van der Waals surface area contributed by atoms with E-state index in [-0.39, 0.29) is 19.6 Å². The van der Waals surface area contributed by atoms with E-state index in [1.54, 1.807) is 0 Å². The van der Waals surface area contributed by atoms with Crippen LogP contribution in [0.4, 0.5) is 4.39 Å². The molecule has 2 fully saturated rings. The van der Waals surface area contributed by atoms with Gasteiger partial charge < -0.3 is 0 Å². The maximum absolute atomic E-state index is 15.4. The molecule has 4 rings (SSSR count). The topological polar surface area (TPSA) is 40.6 Å². The maximum atomic E-state index is 15.4. The van der Waals surface area contributed by atoms with Crippen molar-refractivity contribution in [2.24, 2.45) is 5.92 Å². The van der Waals surface area contributed by atoms with Gasteiger partial charge in [-0.25, -0.2) is 4.39 Å². The van der Waals surface area contributed by atoms with Gasteiger partial charge in [-0.3, -0.25) is 19.4 Å². The number of benzene rings is 2. The molecule has 0 saturated carbocycles. The van der Waals surface area contributed by atoms with Gasteiger partial charge in [-0.05, 0) is 11.1 Å². The highest BCUT2D eigenvalue weighted by Gasteiger charge is 2.64. The van der Waals surface area contributed by atoms with E-state index in [1.807, 2.05) is 65.6 Å². The van der Waals surface area contributed by atoms with Gasteiger partial charge in [-0.15, -0.1) is 0 Å². The van der Waals surface area contributed by atoms with Crippen LogP contribution in [0.3, 0.4) is 0 Å². The summed E-state index contributed by atoms with van der Waals surface area (Å²) in [5, 5.41) is 0. The molecule has 2 aliphatic rings. The Morgan fingerprint density at radius 1 is 0.920 bits per heavy atom. The van der Waals surface area contributed by atoms with E-state index in [1.165, 1.54) is 0 Å². The molecule has 2 heterocycles. The third-order valence-electron chi connectivity index (χ3n) is 5.04. The van der Waals surface area contributed by atoms with Gasteiger partial charge in [0, 0.05) is 19.6 Å². The zero-order valence-electron chi connectivity index (χ0n) is 13.8. The summed E-state index contributed by atoms with van der Waals surface area (Å²) in [4.78, 5) is 28.2. The van der Waals surface area contributed by atoms with Crippen LogP contribution < -0.4 is 0 Å². The normalized spacial score (nSPS) is 26.3. The molecule has 25 heavy (non-hydrogen) atoms. The van der Waals surface area contributed by atoms with Crippen LogP contribution in [0.25, 0.3) is 0 Å². The Morgan fingerprint density at radius 2 is 1.48 bits per heavy atom. The zero-order valence-corrected chi connectivity index (χ0v) is 13.8. The van der Waals surface area contributed by atoms with Crippen LogP contribution in [0, 0.1) is 5.92 Å². The average molecular weight is 338 g/mol. The van der Waals surface area contributed by atoms with Crippen molar-refractivity contribution in [3.63, 3.8) is 0 Å². The SMILES string of the molecule is O=C1[C@@H]2CN(Cc3ccccc3)C[C@]2(F)C(=O)N1Cc1ccccc1. The van der Waals surface area contributed by atoms with Crippen LogP contribution in [0.15, 0.2) is 60.7 Å². The summed E-state index contributed by atoms with van der Waals surface area (Å²) in [6, 6.07) is 18.9.